The van der Waals surface area contributed by atoms with E-state index in [1.807, 2.05) is 18.2 Å². The Morgan fingerprint density at radius 2 is 1.71 bits per heavy atom. The normalized spacial score (nSPS) is 10.5. The van der Waals surface area contributed by atoms with Gasteiger partial charge in [-0.15, -0.1) is 0 Å². The van der Waals surface area contributed by atoms with Gasteiger partial charge in [-0.3, -0.25) is 10.1 Å². The van der Waals surface area contributed by atoms with Crippen LogP contribution in [0.4, 0.5) is 11.4 Å². The van der Waals surface area contributed by atoms with Crippen LogP contribution >= 0.6 is 15.9 Å². The van der Waals surface area contributed by atoms with Gasteiger partial charge in [0, 0.05) is 24.4 Å². The standard InChI is InChI=1S/C22H21BrN2O3/c1-15-3-9-21(16(2)11-15)24-13-18-6-10-22(20(23)12-18)28-14-17-4-7-19(8-5-17)25(26)27/h3-12,24H,13-14H2,1-2H3. The molecule has 3 aromatic carbocycles. The van der Waals surface area contributed by atoms with E-state index in [0.29, 0.717) is 13.2 Å². The van der Waals surface area contributed by atoms with Crippen molar-refractivity contribution in [2.75, 3.05) is 5.32 Å². The lowest BCUT2D eigenvalue weighted by Gasteiger charge is -2.12. The number of non-ortho nitro benzene ring substituents is 1. The first-order chi connectivity index (χ1) is 13.4. The van der Waals surface area contributed by atoms with Crippen molar-refractivity contribution in [2.24, 2.45) is 0 Å². The van der Waals surface area contributed by atoms with Crippen LogP contribution in [-0.2, 0) is 13.2 Å². The second-order valence-electron chi connectivity index (χ2n) is 6.65. The largest absolute Gasteiger partial charge is 0.488 e. The SMILES string of the molecule is Cc1ccc(NCc2ccc(OCc3ccc([N+](=O)[O-])cc3)c(Br)c2)c(C)c1. The third-order valence-electron chi connectivity index (χ3n) is 4.40. The zero-order valence-corrected chi connectivity index (χ0v) is 17.3. The lowest BCUT2D eigenvalue weighted by molar-refractivity contribution is -0.384. The molecule has 5 nitrogen and oxygen atoms in total. The Hall–Kier alpha value is -2.86. The summed E-state index contributed by atoms with van der Waals surface area (Å²) in [6.45, 7) is 5.24. The number of benzene rings is 3. The molecule has 144 valence electrons. The zero-order chi connectivity index (χ0) is 20.1. The summed E-state index contributed by atoms with van der Waals surface area (Å²) < 4.78 is 6.71. The van der Waals surface area contributed by atoms with Gasteiger partial charge in [0.2, 0.25) is 0 Å². The van der Waals surface area contributed by atoms with E-state index in [2.05, 4.69) is 53.3 Å². The molecule has 0 radical (unpaired) electrons. The molecule has 0 aliphatic heterocycles. The smallest absolute Gasteiger partial charge is 0.269 e. The third-order valence-corrected chi connectivity index (χ3v) is 5.02. The van der Waals surface area contributed by atoms with Gasteiger partial charge in [-0.25, -0.2) is 0 Å². The van der Waals surface area contributed by atoms with Gasteiger partial charge in [-0.1, -0.05) is 23.8 Å². The second kappa shape index (κ2) is 8.89. The summed E-state index contributed by atoms with van der Waals surface area (Å²) in [7, 11) is 0. The molecule has 0 aliphatic carbocycles. The molecule has 0 aliphatic rings. The molecule has 0 spiro atoms. The van der Waals surface area contributed by atoms with Gasteiger partial charge in [-0.05, 0) is 76.8 Å². The molecule has 0 amide bonds. The summed E-state index contributed by atoms with van der Waals surface area (Å²) >= 11 is 3.56. The number of hydrogen-bond donors (Lipinski definition) is 1. The maximum atomic E-state index is 10.7. The first-order valence-electron chi connectivity index (χ1n) is 8.88. The summed E-state index contributed by atoms with van der Waals surface area (Å²) in [5, 5.41) is 14.2. The number of nitro groups is 1. The highest BCUT2D eigenvalue weighted by atomic mass is 79.9. The number of ether oxygens (including phenoxy) is 1. The molecule has 6 heteroatoms. The quantitative estimate of drug-likeness (QED) is 0.352. The fourth-order valence-electron chi connectivity index (χ4n) is 2.86. The van der Waals surface area contributed by atoms with Crippen molar-refractivity contribution in [2.45, 2.75) is 27.0 Å². The van der Waals surface area contributed by atoms with Gasteiger partial charge in [-0.2, -0.15) is 0 Å². The highest BCUT2D eigenvalue weighted by Crippen LogP contribution is 2.28. The predicted octanol–water partition coefficient (Wildman–Crippen LogP) is 6.17. The Kier molecular flexibility index (Phi) is 6.31. The maximum absolute atomic E-state index is 10.7. The Labute approximate surface area is 172 Å². The summed E-state index contributed by atoms with van der Waals surface area (Å²) in [6, 6.07) is 18.7. The molecule has 0 heterocycles. The summed E-state index contributed by atoms with van der Waals surface area (Å²) in [6.07, 6.45) is 0. The summed E-state index contributed by atoms with van der Waals surface area (Å²) in [5.41, 5.74) is 5.68. The van der Waals surface area contributed by atoms with Crippen LogP contribution in [0.5, 0.6) is 5.75 Å². The molecule has 0 fully saturated rings. The van der Waals surface area contributed by atoms with Gasteiger partial charge in [0.15, 0.2) is 0 Å². The minimum atomic E-state index is -0.411. The minimum Gasteiger partial charge on any atom is -0.488 e. The van der Waals surface area contributed by atoms with Crippen molar-refractivity contribution >= 4 is 27.3 Å². The van der Waals surface area contributed by atoms with Gasteiger partial charge in [0.25, 0.3) is 5.69 Å². The molecule has 3 aromatic rings. The van der Waals surface area contributed by atoms with Gasteiger partial charge in [0.1, 0.15) is 12.4 Å². The van der Waals surface area contributed by atoms with E-state index >= 15 is 0 Å². The highest BCUT2D eigenvalue weighted by molar-refractivity contribution is 9.10. The third kappa shape index (κ3) is 5.10. The van der Waals surface area contributed by atoms with Crippen molar-refractivity contribution in [3.05, 3.63) is 97.5 Å². The van der Waals surface area contributed by atoms with Crippen LogP contribution < -0.4 is 10.1 Å². The minimum absolute atomic E-state index is 0.0746. The molecule has 0 saturated carbocycles. The van der Waals surface area contributed by atoms with Crippen molar-refractivity contribution in [1.82, 2.24) is 0 Å². The number of anilines is 1. The van der Waals surface area contributed by atoms with Crippen LogP contribution in [0, 0.1) is 24.0 Å². The molecule has 1 N–H and O–H groups in total. The molecule has 0 atom stereocenters. The Balaban J connectivity index is 1.59. The number of nitro benzene ring substituents is 1. The first kappa shape index (κ1) is 19.9. The first-order valence-corrected chi connectivity index (χ1v) is 9.67. The van der Waals surface area contributed by atoms with Crippen molar-refractivity contribution < 1.29 is 9.66 Å². The van der Waals surface area contributed by atoms with E-state index < -0.39 is 4.92 Å². The van der Waals surface area contributed by atoms with Crippen molar-refractivity contribution in [3.8, 4) is 5.75 Å². The molecular weight excluding hydrogens is 420 g/mol. The average molecular weight is 441 g/mol. The molecule has 0 unspecified atom stereocenters. The topological polar surface area (TPSA) is 64.4 Å². The average Bonchev–Trinajstić information content (AvgIpc) is 2.67. The fourth-order valence-corrected chi connectivity index (χ4v) is 3.40. The maximum Gasteiger partial charge on any atom is 0.269 e. The van der Waals surface area contributed by atoms with E-state index in [9.17, 15) is 10.1 Å². The van der Waals surface area contributed by atoms with Crippen LogP contribution in [0.25, 0.3) is 0 Å². The van der Waals surface area contributed by atoms with E-state index in [1.165, 1.54) is 23.3 Å². The van der Waals surface area contributed by atoms with Crippen LogP contribution in [0.2, 0.25) is 0 Å². The Morgan fingerprint density at radius 3 is 2.36 bits per heavy atom. The number of rotatable bonds is 7. The Bertz CT molecular complexity index is 988. The van der Waals surface area contributed by atoms with Crippen molar-refractivity contribution in [1.29, 1.82) is 0 Å². The predicted molar refractivity (Wildman–Crippen MR) is 115 cm³/mol. The summed E-state index contributed by atoms with van der Waals surface area (Å²) in [5.74, 6) is 0.730. The van der Waals surface area contributed by atoms with E-state index in [1.54, 1.807) is 12.1 Å². The number of nitrogens with zero attached hydrogens (tertiary/aromatic N) is 1. The number of halogens is 1. The van der Waals surface area contributed by atoms with Gasteiger partial charge in [0.05, 0.1) is 9.40 Å². The second-order valence-corrected chi connectivity index (χ2v) is 7.50. The number of aryl methyl sites for hydroxylation is 2. The lowest BCUT2D eigenvalue weighted by Crippen LogP contribution is -2.02. The Morgan fingerprint density at radius 1 is 1.00 bits per heavy atom. The fraction of sp³-hybridized carbons (Fsp3) is 0.182. The molecule has 3 rings (SSSR count). The molecule has 0 saturated heterocycles. The van der Waals surface area contributed by atoms with Crippen LogP contribution in [0.1, 0.15) is 22.3 Å². The van der Waals surface area contributed by atoms with Crippen LogP contribution in [0.15, 0.2) is 65.1 Å². The highest BCUT2D eigenvalue weighted by Gasteiger charge is 2.07. The number of nitrogens with one attached hydrogen (secondary N) is 1. The zero-order valence-electron chi connectivity index (χ0n) is 15.7. The van der Waals surface area contributed by atoms with Gasteiger partial charge < -0.3 is 10.1 Å². The number of hydrogen-bond acceptors (Lipinski definition) is 4. The van der Waals surface area contributed by atoms with Crippen molar-refractivity contribution in [3.63, 3.8) is 0 Å². The van der Waals surface area contributed by atoms with E-state index in [-0.39, 0.29) is 5.69 Å². The van der Waals surface area contributed by atoms with E-state index in [4.69, 9.17) is 4.74 Å². The van der Waals surface area contributed by atoms with Gasteiger partial charge >= 0.3 is 0 Å². The molecule has 0 aromatic heterocycles. The van der Waals surface area contributed by atoms with Crippen LogP contribution in [0.3, 0.4) is 0 Å². The monoisotopic (exact) mass is 440 g/mol. The van der Waals surface area contributed by atoms with E-state index in [0.717, 1.165) is 27.0 Å². The molecule has 0 bridgehead atoms. The van der Waals surface area contributed by atoms with Crippen LogP contribution in [-0.4, -0.2) is 4.92 Å². The lowest BCUT2D eigenvalue weighted by atomic mass is 10.1. The summed E-state index contributed by atoms with van der Waals surface area (Å²) in [4.78, 5) is 10.3. The molecular formula is C22H21BrN2O3. The molecule has 28 heavy (non-hydrogen) atoms.